The van der Waals surface area contributed by atoms with Gasteiger partial charge >= 0.3 is 0 Å². The summed E-state index contributed by atoms with van der Waals surface area (Å²) in [6, 6.07) is 10.8. The molecular weight excluding hydrogens is 302 g/mol. The molecule has 1 unspecified atom stereocenters. The summed E-state index contributed by atoms with van der Waals surface area (Å²) < 4.78 is 6.61. The quantitative estimate of drug-likeness (QED) is 0.850. The van der Waals surface area contributed by atoms with Crippen molar-refractivity contribution in [2.75, 3.05) is 6.54 Å². The van der Waals surface area contributed by atoms with Crippen LogP contribution < -0.4 is 5.32 Å². The van der Waals surface area contributed by atoms with Crippen LogP contribution in [0.5, 0.6) is 0 Å². The summed E-state index contributed by atoms with van der Waals surface area (Å²) in [4.78, 5) is 0. The number of nitrogens with one attached hydrogen (secondary N) is 1. The Morgan fingerprint density at radius 3 is 2.21 bits per heavy atom. The van der Waals surface area contributed by atoms with Crippen molar-refractivity contribution in [2.45, 2.75) is 32.7 Å². The maximum Gasteiger partial charge on any atom is 0.139 e. The van der Waals surface area contributed by atoms with E-state index in [0.717, 1.165) is 16.8 Å². The van der Waals surface area contributed by atoms with Gasteiger partial charge in [-0.05, 0) is 45.6 Å². The number of hydrogen-bond acceptors (Lipinski definition) is 2. The lowest BCUT2D eigenvalue weighted by Gasteiger charge is -2.17. The van der Waals surface area contributed by atoms with Gasteiger partial charge in [-0.25, -0.2) is 0 Å². The van der Waals surface area contributed by atoms with Crippen molar-refractivity contribution < 1.29 is 4.42 Å². The second kappa shape index (κ2) is 6.40. The molecule has 0 saturated heterocycles. The number of furan rings is 1. The molecule has 3 heteroatoms. The van der Waals surface area contributed by atoms with E-state index < -0.39 is 0 Å². The van der Waals surface area contributed by atoms with Crippen LogP contribution in [0.4, 0.5) is 0 Å². The third-order valence-corrected chi connectivity index (χ3v) is 3.91. The molecule has 1 heterocycles. The molecule has 1 atom stereocenters. The summed E-state index contributed by atoms with van der Waals surface area (Å²) in [6.07, 6.45) is 1.71. The van der Waals surface area contributed by atoms with E-state index >= 15 is 0 Å². The molecule has 0 aliphatic heterocycles. The second-order valence-corrected chi connectivity index (χ2v) is 5.80. The maximum atomic E-state index is 5.60. The highest BCUT2D eigenvalue weighted by molar-refractivity contribution is 9.10. The molecule has 0 aliphatic rings. The Bertz CT molecular complexity index is 516. The van der Waals surface area contributed by atoms with Crippen molar-refractivity contribution in [1.82, 2.24) is 5.32 Å². The Kier molecular flexibility index (Phi) is 4.83. The minimum Gasteiger partial charge on any atom is -0.466 e. The number of halogens is 1. The van der Waals surface area contributed by atoms with Crippen molar-refractivity contribution in [3.05, 3.63) is 58.0 Å². The zero-order valence-corrected chi connectivity index (χ0v) is 13.2. The van der Waals surface area contributed by atoms with Gasteiger partial charge in [0, 0.05) is 0 Å². The van der Waals surface area contributed by atoms with E-state index in [1.54, 1.807) is 6.26 Å². The second-order valence-electron chi connectivity index (χ2n) is 4.94. The van der Waals surface area contributed by atoms with E-state index in [1.165, 1.54) is 11.1 Å². The van der Waals surface area contributed by atoms with Crippen LogP contribution in [0.2, 0.25) is 0 Å². The molecule has 0 bridgehead atoms. The molecular formula is C16H20BrNO. The summed E-state index contributed by atoms with van der Waals surface area (Å²) >= 11 is 3.54. The zero-order valence-electron chi connectivity index (χ0n) is 11.6. The van der Waals surface area contributed by atoms with Gasteiger partial charge in [-0.3, -0.25) is 0 Å². The van der Waals surface area contributed by atoms with Crippen molar-refractivity contribution in [2.24, 2.45) is 0 Å². The first-order chi connectivity index (χ1) is 9.13. The summed E-state index contributed by atoms with van der Waals surface area (Å²) in [5.41, 5.74) is 2.58. The van der Waals surface area contributed by atoms with Crippen molar-refractivity contribution >= 4 is 15.9 Å². The van der Waals surface area contributed by atoms with Crippen molar-refractivity contribution in [3.8, 4) is 0 Å². The molecule has 0 amide bonds. The predicted octanol–water partition coefficient (Wildman–Crippen LogP) is 4.86. The predicted molar refractivity (Wildman–Crippen MR) is 82.5 cm³/mol. The number of benzene rings is 1. The normalized spacial score (nSPS) is 12.9. The fourth-order valence-electron chi connectivity index (χ4n) is 2.15. The molecule has 0 spiro atoms. The fraction of sp³-hybridized carbons (Fsp3) is 0.375. The summed E-state index contributed by atoms with van der Waals surface area (Å²) in [7, 11) is 0. The Balaban J connectivity index is 2.31. The standard InChI is InChI=1S/C16H20BrNO/c1-4-18-15(16-14(17)9-10-19-16)13-7-5-12(6-8-13)11(2)3/h5-11,15,18H,4H2,1-3H3. The van der Waals surface area contributed by atoms with E-state index in [9.17, 15) is 0 Å². The van der Waals surface area contributed by atoms with Gasteiger partial charge in [0.1, 0.15) is 5.76 Å². The molecule has 0 radical (unpaired) electrons. The van der Waals surface area contributed by atoms with Crippen LogP contribution in [0.1, 0.15) is 49.6 Å². The first kappa shape index (κ1) is 14.4. The largest absolute Gasteiger partial charge is 0.466 e. The van der Waals surface area contributed by atoms with Crippen LogP contribution in [-0.2, 0) is 0 Å². The average molecular weight is 322 g/mol. The molecule has 1 N–H and O–H groups in total. The van der Waals surface area contributed by atoms with Gasteiger partial charge in [-0.15, -0.1) is 0 Å². The minimum atomic E-state index is 0.0931. The topological polar surface area (TPSA) is 25.2 Å². The van der Waals surface area contributed by atoms with Gasteiger partial charge < -0.3 is 9.73 Å². The molecule has 0 saturated carbocycles. The van der Waals surface area contributed by atoms with E-state index in [0.29, 0.717) is 5.92 Å². The van der Waals surface area contributed by atoms with Crippen LogP contribution in [0.3, 0.4) is 0 Å². The van der Waals surface area contributed by atoms with Crippen molar-refractivity contribution in [1.29, 1.82) is 0 Å². The first-order valence-corrected chi connectivity index (χ1v) is 7.49. The van der Waals surface area contributed by atoms with Gasteiger partial charge in [-0.1, -0.05) is 45.0 Å². The first-order valence-electron chi connectivity index (χ1n) is 6.69. The van der Waals surface area contributed by atoms with Gasteiger partial charge in [0.2, 0.25) is 0 Å². The third kappa shape index (κ3) is 3.28. The van der Waals surface area contributed by atoms with E-state index in [2.05, 4.69) is 66.3 Å². The van der Waals surface area contributed by atoms with Crippen LogP contribution in [0.25, 0.3) is 0 Å². The summed E-state index contributed by atoms with van der Waals surface area (Å²) in [5, 5.41) is 3.47. The lowest BCUT2D eigenvalue weighted by atomic mass is 9.98. The fourth-order valence-corrected chi connectivity index (χ4v) is 2.58. The SMILES string of the molecule is CCNC(c1ccc(C(C)C)cc1)c1occc1Br. The highest BCUT2D eigenvalue weighted by Gasteiger charge is 2.19. The molecule has 102 valence electrons. The van der Waals surface area contributed by atoms with Crippen LogP contribution in [0, 0.1) is 0 Å². The lowest BCUT2D eigenvalue weighted by Crippen LogP contribution is -2.21. The minimum absolute atomic E-state index is 0.0931. The summed E-state index contributed by atoms with van der Waals surface area (Å²) in [5.74, 6) is 1.49. The van der Waals surface area contributed by atoms with E-state index in [1.807, 2.05) is 6.07 Å². The molecule has 0 aliphatic carbocycles. The monoisotopic (exact) mass is 321 g/mol. The lowest BCUT2D eigenvalue weighted by molar-refractivity contribution is 0.450. The highest BCUT2D eigenvalue weighted by Crippen LogP contribution is 2.30. The molecule has 0 fully saturated rings. The number of rotatable bonds is 5. The maximum absolute atomic E-state index is 5.60. The molecule has 1 aromatic carbocycles. The molecule has 1 aromatic heterocycles. The van der Waals surface area contributed by atoms with E-state index in [-0.39, 0.29) is 6.04 Å². The molecule has 2 nitrogen and oxygen atoms in total. The molecule has 2 rings (SSSR count). The van der Waals surface area contributed by atoms with Crippen LogP contribution in [-0.4, -0.2) is 6.54 Å². The van der Waals surface area contributed by atoms with Gasteiger partial charge in [0.05, 0.1) is 16.8 Å². The van der Waals surface area contributed by atoms with Crippen LogP contribution >= 0.6 is 15.9 Å². The highest BCUT2D eigenvalue weighted by atomic mass is 79.9. The van der Waals surface area contributed by atoms with E-state index in [4.69, 9.17) is 4.42 Å². The smallest absolute Gasteiger partial charge is 0.139 e. The Morgan fingerprint density at radius 1 is 1.11 bits per heavy atom. The van der Waals surface area contributed by atoms with Crippen LogP contribution in [0.15, 0.2) is 45.5 Å². The molecule has 2 aromatic rings. The third-order valence-electron chi connectivity index (χ3n) is 3.25. The van der Waals surface area contributed by atoms with Crippen molar-refractivity contribution in [3.63, 3.8) is 0 Å². The molecule has 19 heavy (non-hydrogen) atoms. The Labute approximate surface area is 123 Å². The van der Waals surface area contributed by atoms with Gasteiger partial charge in [0.25, 0.3) is 0 Å². The summed E-state index contributed by atoms with van der Waals surface area (Å²) in [6.45, 7) is 7.41. The zero-order chi connectivity index (χ0) is 13.8. The van der Waals surface area contributed by atoms with Gasteiger partial charge in [0.15, 0.2) is 0 Å². The van der Waals surface area contributed by atoms with Gasteiger partial charge in [-0.2, -0.15) is 0 Å². The Morgan fingerprint density at radius 2 is 1.74 bits per heavy atom. The Hall–Kier alpha value is -1.06. The number of hydrogen-bond donors (Lipinski definition) is 1. The average Bonchev–Trinajstić information content (AvgIpc) is 2.82.